The lowest BCUT2D eigenvalue weighted by Gasteiger charge is -2.19. The Morgan fingerprint density at radius 2 is 0.839 bits per heavy atom. The molecule has 12 nitrogen and oxygen atoms in total. The van der Waals surface area contributed by atoms with Crippen molar-refractivity contribution in [3.05, 3.63) is 0 Å². The summed E-state index contributed by atoms with van der Waals surface area (Å²) in [6, 6.07) is 0. The van der Waals surface area contributed by atoms with E-state index in [4.69, 9.17) is 0 Å². The number of carbonyl (C=O) groups is 6. The van der Waals surface area contributed by atoms with Crippen LogP contribution in [0.25, 0.3) is 0 Å². The van der Waals surface area contributed by atoms with Crippen LogP contribution in [-0.2, 0) is 28.8 Å². The molecule has 0 saturated carbocycles. The number of ketones is 1. The van der Waals surface area contributed by atoms with Gasteiger partial charge in [0.25, 0.3) is 0 Å². The summed E-state index contributed by atoms with van der Waals surface area (Å²) >= 11 is 0. The number of Topliss-reactive ketones (excluding diaryl/α,β-unsaturated/α-hetero) is 1. The molecule has 5 amide bonds. The van der Waals surface area contributed by atoms with E-state index in [2.05, 4.69) is 31.9 Å². The molecule has 0 aromatic heterocycles. The predicted octanol–water partition coefficient (Wildman–Crippen LogP) is -2.82. The standard InChI is InChI=1S/C19H34N6O6/c1-12(2)13(26)6-20-14(27)7-21-15(28)8-22-16(29)9-23-17(30)10-24-18(31)11-25-19(3,4)5/h12,25H,6-11H2,1-5H3,(H,20,27)(H,21,28)(H,22,29)(H,23,30)(H,24,31). The number of nitrogens with one attached hydrogen (secondary N) is 6. The lowest BCUT2D eigenvalue weighted by Crippen LogP contribution is -2.47. The smallest absolute Gasteiger partial charge is 0.239 e. The number of hydrogen-bond acceptors (Lipinski definition) is 7. The number of amides is 5. The third kappa shape index (κ3) is 16.5. The van der Waals surface area contributed by atoms with Gasteiger partial charge < -0.3 is 31.9 Å². The van der Waals surface area contributed by atoms with Gasteiger partial charge in [0.2, 0.25) is 29.5 Å². The summed E-state index contributed by atoms with van der Waals surface area (Å²) in [6.45, 7) is 7.68. The van der Waals surface area contributed by atoms with E-state index < -0.39 is 23.6 Å². The first-order valence-electron chi connectivity index (χ1n) is 9.91. The van der Waals surface area contributed by atoms with Gasteiger partial charge in [0.1, 0.15) is 0 Å². The fraction of sp³-hybridized carbons (Fsp3) is 0.684. The average molecular weight is 443 g/mol. The molecule has 0 aliphatic rings. The Labute approximate surface area is 182 Å². The first-order chi connectivity index (χ1) is 14.3. The van der Waals surface area contributed by atoms with Gasteiger partial charge in [-0.25, -0.2) is 0 Å². The molecule has 0 bridgehead atoms. The van der Waals surface area contributed by atoms with Crippen LogP contribution in [0.2, 0.25) is 0 Å². The molecule has 31 heavy (non-hydrogen) atoms. The Bertz CT molecular complexity index is 671. The quantitative estimate of drug-likeness (QED) is 0.178. The Morgan fingerprint density at radius 1 is 0.548 bits per heavy atom. The van der Waals surface area contributed by atoms with Gasteiger partial charge in [0.15, 0.2) is 5.78 Å². The molecule has 0 saturated heterocycles. The molecule has 0 aromatic rings. The molecule has 6 N–H and O–H groups in total. The lowest BCUT2D eigenvalue weighted by atomic mass is 10.1. The topological polar surface area (TPSA) is 175 Å². The molecule has 0 heterocycles. The molecular weight excluding hydrogens is 408 g/mol. The molecule has 0 atom stereocenters. The van der Waals surface area contributed by atoms with Gasteiger partial charge in [-0.05, 0) is 20.8 Å². The predicted molar refractivity (Wildman–Crippen MR) is 113 cm³/mol. The largest absolute Gasteiger partial charge is 0.347 e. The van der Waals surface area contributed by atoms with Gasteiger partial charge in [0.05, 0.1) is 39.3 Å². The Hall–Kier alpha value is -3.02. The molecular formula is C19H34N6O6. The van der Waals surface area contributed by atoms with Crippen molar-refractivity contribution in [3.8, 4) is 0 Å². The van der Waals surface area contributed by atoms with Crippen LogP contribution in [0, 0.1) is 5.92 Å². The zero-order valence-corrected chi connectivity index (χ0v) is 18.8. The van der Waals surface area contributed by atoms with E-state index in [0.717, 1.165) is 0 Å². The molecule has 0 aliphatic heterocycles. The van der Waals surface area contributed by atoms with Gasteiger partial charge in [-0.1, -0.05) is 13.8 Å². The zero-order valence-electron chi connectivity index (χ0n) is 18.8. The second-order valence-electron chi connectivity index (χ2n) is 8.11. The highest BCUT2D eigenvalue weighted by molar-refractivity contribution is 5.92. The summed E-state index contributed by atoms with van der Waals surface area (Å²) in [6.07, 6.45) is 0. The van der Waals surface area contributed by atoms with Gasteiger partial charge in [-0.15, -0.1) is 0 Å². The van der Waals surface area contributed by atoms with E-state index in [1.807, 2.05) is 20.8 Å². The highest BCUT2D eigenvalue weighted by Crippen LogP contribution is 1.96. The van der Waals surface area contributed by atoms with E-state index in [0.29, 0.717) is 0 Å². The van der Waals surface area contributed by atoms with Crippen molar-refractivity contribution in [2.24, 2.45) is 5.92 Å². The molecule has 0 fully saturated rings. The maximum Gasteiger partial charge on any atom is 0.239 e. The van der Waals surface area contributed by atoms with Gasteiger partial charge in [-0.3, -0.25) is 28.8 Å². The summed E-state index contributed by atoms with van der Waals surface area (Å²) in [5, 5.41) is 14.6. The molecule has 0 aliphatic carbocycles. The summed E-state index contributed by atoms with van der Waals surface area (Å²) in [4.78, 5) is 69.5. The van der Waals surface area contributed by atoms with E-state index in [1.165, 1.54) is 0 Å². The second kappa shape index (κ2) is 14.1. The third-order valence-electron chi connectivity index (χ3n) is 3.67. The fourth-order valence-corrected chi connectivity index (χ4v) is 1.76. The monoisotopic (exact) mass is 442 g/mol. The average Bonchev–Trinajstić information content (AvgIpc) is 2.69. The van der Waals surface area contributed by atoms with Crippen molar-refractivity contribution < 1.29 is 28.8 Å². The van der Waals surface area contributed by atoms with Crippen LogP contribution >= 0.6 is 0 Å². The minimum Gasteiger partial charge on any atom is -0.347 e. The maximum absolute atomic E-state index is 11.7. The third-order valence-corrected chi connectivity index (χ3v) is 3.67. The van der Waals surface area contributed by atoms with Crippen molar-refractivity contribution in [1.29, 1.82) is 0 Å². The fourth-order valence-electron chi connectivity index (χ4n) is 1.76. The van der Waals surface area contributed by atoms with Gasteiger partial charge in [-0.2, -0.15) is 0 Å². The number of hydrogen-bond donors (Lipinski definition) is 6. The molecule has 176 valence electrons. The minimum absolute atomic E-state index is 0.0540. The minimum atomic E-state index is -0.615. The Kier molecular flexibility index (Phi) is 12.7. The summed E-state index contributed by atoms with van der Waals surface area (Å²) < 4.78 is 0. The molecule has 0 aromatic carbocycles. The van der Waals surface area contributed by atoms with E-state index in [9.17, 15) is 28.8 Å². The SMILES string of the molecule is CC(C)C(=O)CNC(=O)CNC(=O)CNC(=O)CNC(=O)CNC(=O)CNC(C)(C)C. The van der Waals surface area contributed by atoms with Crippen LogP contribution in [0.15, 0.2) is 0 Å². The Morgan fingerprint density at radius 3 is 1.13 bits per heavy atom. The van der Waals surface area contributed by atoms with Crippen LogP contribution < -0.4 is 31.9 Å². The molecule has 0 radical (unpaired) electrons. The molecule has 0 unspecified atom stereocenters. The van der Waals surface area contributed by atoms with Crippen molar-refractivity contribution >= 4 is 35.3 Å². The summed E-state index contributed by atoms with van der Waals surface area (Å²) in [7, 11) is 0. The Balaban J connectivity index is 3.91. The van der Waals surface area contributed by atoms with Crippen molar-refractivity contribution in [2.45, 2.75) is 40.2 Å². The second-order valence-corrected chi connectivity index (χ2v) is 8.11. The number of carbonyl (C=O) groups excluding carboxylic acids is 6. The first kappa shape index (κ1) is 28.0. The first-order valence-corrected chi connectivity index (χ1v) is 9.91. The van der Waals surface area contributed by atoms with Crippen LogP contribution in [0.5, 0.6) is 0 Å². The molecule has 0 rings (SSSR count). The summed E-state index contributed by atoms with van der Waals surface area (Å²) in [5.41, 5.74) is -0.236. The van der Waals surface area contributed by atoms with Crippen molar-refractivity contribution in [2.75, 3.05) is 39.3 Å². The highest BCUT2D eigenvalue weighted by Gasteiger charge is 2.13. The van der Waals surface area contributed by atoms with E-state index >= 15 is 0 Å². The van der Waals surface area contributed by atoms with Crippen LogP contribution in [0.3, 0.4) is 0 Å². The van der Waals surface area contributed by atoms with Crippen LogP contribution in [0.4, 0.5) is 0 Å². The normalized spacial score (nSPS) is 10.8. The number of rotatable bonds is 13. The van der Waals surface area contributed by atoms with Gasteiger partial charge >= 0.3 is 0 Å². The molecule has 12 heteroatoms. The van der Waals surface area contributed by atoms with Crippen LogP contribution in [-0.4, -0.2) is 80.1 Å². The maximum atomic E-state index is 11.7. The van der Waals surface area contributed by atoms with Crippen molar-refractivity contribution in [3.63, 3.8) is 0 Å². The van der Waals surface area contributed by atoms with Gasteiger partial charge in [0, 0.05) is 11.5 Å². The highest BCUT2D eigenvalue weighted by atomic mass is 16.2. The van der Waals surface area contributed by atoms with Crippen molar-refractivity contribution in [1.82, 2.24) is 31.9 Å². The van der Waals surface area contributed by atoms with E-state index in [1.54, 1.807) is 13.8 Å². The zero-order chi connectivity index (χ0) is 24.0. The lowest BCUT2D eigenvalue weighted by molar-refractivity contribution is -0.129. The summed E-state index contributed by atoms with van der Waals surface area (Å²) in [5.74, 6) is -3.00. The molecule has 0 spiro atoms. The van der Waals surface area contributed by atoms with Crippen LogP contribution in [0.1, 0.15) is 34.6 Å². The van der Waals surface area contributed by atoms with E-state index in [-0.39, 0.29) is 62.4 Å².